The van der Waals surface area contributed by atoms with E-state index in [1.165, 1.54) is 38.6 Å². The van der Waals surface area contributed by atoms with E-state index in [9.17, 15) is 0 Å². The van der Waals surface area contributed by atoms with Gasteiger partial charge in [-0.15, -0.1) is 0 Å². The van der Waals surface area contributed by atoms with Crippen molar-refractivity contribution in [1.29, 1.82) is 0 Å². The fourth-order valence-corrected chi connectivity index (χ4v) is 3.10. The first-order valence-corrected chi connectivity index (χ1v) is 8.30. The molecule has 2 aliphatic carbocycles. The Balaban J connectivity index is 1.48. The predicted molar refractivity (Wildman–Crippen MR) is 81.2 cm³/mol. The molecule has 1 atom stereocenters. The first kappa shape index (κ1) is 13.5. The molecule has 3 aliphatic rings. The Morgan fingerprint density at radius 2 is 2.19 bits per heavy atom. The number of anilines is 1. The summed E-state index contributed by atoms with van der Waals surface area (Å²) in [5.74, 6) is 2.78. The largest absolute Gasteiger partial charge is 0.378 e. The second-order valence-corrected chi connectivity index (χ2v) is 6.60. The van der Waals surface area contributed by atoms with Gasteiger partial charge in [0.05, 0.1) is 19.3 Å². The molecule has 3 fully saturated rings. The van der Waals surface area contributed by atoms with E-state index < -0.39 is 0 Å². The maximum absolute atomic E-state index is 5.68. The maximum atomic E-state index is 5.68. The second kappa shape index (κ2) is 5.89. The molecule has 5 nitrogen and oxygen atoms in total. The number of hydrogen-bond donors (Lipinski definition) is 1. The lowest BCUT2D eigenvalue weighted by atomic mass is 9.93. The number of hydrogen-bond acceptors (Lipinski definition) is 5. The summed E-state index contributed by atoms with van der Waals surface area (Å²) in [5, 5.41) is 3.52. The van der Waals surface area contributed by atoms with Gasteiger partial charge in [0.2, 0.25) is 0 Å². The van der Waals surface area contributed by atoms with Gasteiger partial charge in [-0.2, -0.15) is 0 Å². The van der Waals surface area contributed by atoms with Crippen LogP contribution in [0.4, 0.5) is 5.82 Å². The fourth-order valence-electron chi connectivity index (χ4n) is 3.10. The molecule has 5 heteroatoms. The normalized spacial score (nSPS) is 27.3. The van der Waals surface area contributed by atoms with E-state index >= 15 is 0 Å². The summed E-state index contributed by atoms with van der Waals surface area (Å²) >= 11 is 0. The molecule has 4 rings (SSSR count). The minimum atomic E-state index is 0.225. The number of nitrogens with one attached hydrogen (secondary N) is 1. The monoisotopic (exact) mass is 288 g/mol. The van der Waals surface area contributed by atoms with Gasteiger partial charge in [-0.1, -0.05) is 0 Å². The van der Waals surface area contributed by atoms with E-state index in [4.69, 9.17) is 9.72 Å². The average molecular weight is 288 g/mol. The molecule has 1 aliphatic heterocycles. The number of nitrogens with zero attached hydrogens (tertiary/aromatic N) is 3. The molecule has 1 unspecified atom stereocenters. The molecule has 1 N–H and O–H groups in total. The SMILES string of the molecule is c1cc(NC2CCC2)nc(C2COCCN2CC2CC2)n1. The van der Waals surface area contributed by atoms with Crippen molar-refractivity contribution in [1.82, 2.24) is 14.9 Å². The van der Waals surface area contributed by atoms with Gasteiger partial charge in [0.1, 0.15) is 11.6 Å². The van der Waals surface area contributed by atoms with Crippen LogP contribution in [-0.2, 0) is 4.74 Å². The highest BCUT2D eigenvalue weighted by Crippen LogP contribution is 2.33. The highest BCUT2D eigenvalue weighted by molar-refractivity contribution is 5.35. The molecule has 0 amide bonds. The zero-order valence-corrected chi connectivity index (χ0v) is 12.5. The van der Waals surface area contributed by atoms with Gasteiger partial charge in [0.25, 0.3) is 0 Å². The Morgan fingerprint density at radius 1 is 1.29 bits per heavy atom. The summed E-state index contributed by atoms with van der Waals surface area (Å²) in [7, 11) is 0. The van der Waals surface area contributed by atoms with Crippen LogP contribution in [-0.4, -0.2) is 47.2 Å². The topological polar surface area (TPSA) is 50.3 Å². The molecular weight excluding hydrogens is 264 g/mol. The van der Waals surface area contributed by atoms with Crippen molar-refractivity contribution in [2.45, 2.75) is 44.2 Å². The van der Waals surface area contributed by atoms with E-state index in [0.717, 1.165) is 37.3 Å². The second-order valence-electron chi connectivity index (χ2n) is 6.60. The molecule has 0 radical (unpaired) electrons. The minimum absolute atomic E-state index is 0.225. The molecular formula is C16H24N4O. The Hall–Kier alpha value is -1.20. The lowest BCUT2D eigenvalue weighted by Crippen LogP contribution is -2.41. The van der Waals surface area contributed by atoms with E-state index in [-0.39, 0.29) is 6.04 Å². The van der Waals surface area contributed by atoms with Crippen LogP contribution in [0.1, 0.15) is 44.0 Å². The number of rotatable bonds is 5. The standard InChI is InChI=1S/C16H24N4O/c1-2-13(3-1)18-15-6-7-17-16(19-15)14-11-21-9-8-20(14)10-12-4-5-12/h6-7,12-14H,1-5,8-11H2,(H,17,18,19). The zero-order valence-electron chi connectivity index (χ0n) is 12.5. The molecule has 0 aromatic carbocycles. The zero-order chi connectivity index (χ0) is 14.1. The Labute approximate surface area is 126 Å². The van der Waals surface area contributed by atoms with Crippen molar-refractivity contribution in [2.24, 2.45) is 5.92 Å². The van der Waals surface area contributed by atoms with Gasteiger partial charge in [-0.3, -0.25) is 4.90 Å². The summed E-state index contributed by atoms with van der Waals surface area (Å²) in [6.07, 6.45) is 8.51. The molecule has 114 valence electrons. The van der Waals surface area contributed by atoms with Crippen molar-refractivity contribution < 1.29 is 4.74 Å². The van der Waals surface area contributed by atoms with Crippen molar-refractivity contribution in [3.63, 3.8) is 0 Å². The van der Waals surface area contributed by atoms with Crippen LogP contribution in [0.3, 0.4) is 0 Å². The first-order chi connectivity index (χ1) is 10.4. The molecule has 1 aromatic heterocycles. The minimum Gasteiger partial charge on any atom is -0.378 e. The predicted octanol–water partition coefficient (Wildman–Crippen LogP) is 2.22. The fraction of sp³-hybridized carbons (Fsp3) is 0.750. The Bertz CT molecular complexity index is 487. The van der Waals surface area contributed by atoms with E-state index in [1.54, 1.807) is 0 Å². The molecule has 2 saturated carbocycles. The highest BCUT2D eigenvalue weighted by Gasteiger charge is 2.32. The van der Waals surface area contributed by atoms with Crippen LogP contribution in [0, 0.1) is 5.92 Å². The molecule has 0 bridgehead atoms. The molecule has 1 aromatic rings. The van der Waals surface area contributed by atoms with Crippen LogP contribution in [0.15, 0.2) is 12.3 Å². The summed E-state index contributed by atoms with van der Waals surface area (Å²) < 4.78 is 5.68. The third-order valence-electron chi connectivity index (χ3n) is 4.86. The Kier molecular flexibility index (Phi) is 3.78. The van der Waals surface area contributed by atoms with Crippen LogP contribution >= 0.6 is 0 Å². The van der Waals surface area contributed by atoms with Crippen molar-refractivity contribution >= 4 is 5.82 Å². The number of morpholine rings is 1. The van der Waals surface area contributed by atoms with Crippen LogP contribution in [0.2, 0.25) is 0 Å². The Morgan fingerprint density at radius 3 is 2.95 bits per heavy atom. The number of ether oxygens (including phenoxy) is 1. The summed E-state index contributed by atoms with van der Waals surface area (Å²) in [6, 6.07) is 2.82. The molecule has 2 heterocycles. The van der Waals surface area contributed by atoms with Crippen molar-refractivity contribution in [3.8, 4) is 0 Å². The van der Waals surface area contributed by atoms with Crippen LogP contribution < -0.4 is 5.32 Å². The first-order valence-electron chi connectivity index (χ1n) is 8.30. The van der Waals surface area contributed by atoms with Gasteiger partial charge >= 0.3 is 0 Å². The van der Waals surface area contributed by atoms with Gasteiger partial charge in [-0.25, -0.2) is 9.97 Å². The average Bonchev–Trinajstić information content (AvgIpc) is 3.28. The molecule has 0 spiro atoms. The van der Waals surface area contributed by atoms with Gasteiger partial charge in [0, 0.05) is 25.3 Å². The van der Waals surface area contributed by atoms with Crippen LogP contribution in [0.25, 0.3) is 0 Å². The van der Waals surface area contributed by atoms with E-state index in [0.29, 0.717) is 6.04 Å². The summed E-state index contributed by atoms with van der Waals surface area (Å²) in [6.45, 7) is 3.74. The van der Waals surface area contributed by atoms with E-state index in [1.807, 2.05) is 12.3 Å². The third-order valence-corrected chi connectivity index (χ3v) is 4.86. The third kappa shape index (κ3) is 3.19. The highest BCUT2D eigenvalue weighted by atomic mass is 16.5. The quantitative estimate of drug-likeness (QED) is 0.900. The van der Waals surface area contributed by atoms with Crippen molar-refractivity contribution in [3.05, 3.63) is 18.1 Å². The number of aromatic nitrogens is 2. The molecule has 21 heavy (non-hydrogen) atoms. The molecule has 1 saturated heterocycles. The van der Waals surface area contributed by atoms with E-state index in [2.05, 4.69) is 15.2 Å². The van der Waals surface area contributed by atoms with Gasteiger partial charge < -0.3 is 10.1 Å². The summed E-state index contributed by atoms with van der Waals surface area (Å²) in [4.78, 5) is 11.8. The van der Waals surface area contributed by atoms with Crippen molar-refractivity contribution in [2.75, 3.05) is 31.6 Å². The maximum Gasteiger partial charge on any atom is 0.150 e. The smallest absolute Gasteiger partial charge is 0.150 e. The lowest BCUT2D eigenvalue weighted by Gasteiger charge is -2.35. The van der Waals surface area contributed by atoms with Gasteiger partial charge in [0.15, 0.2) is 0 Å². The summed E-state index contributed by atoms with van der Waals surface area (Å²) in [5.41, 5.74) is 0. The lowest BCUT2D eigenvalue weighted by molar-refractivity contribution is -0.0137. The van der Waals surface area contributed by atoms with Gasteiger partial charge in [-0.05, 0) is 44.1 Å². The van der Waals surface area contributed by atoms with Crippen LogP contribution in [0.5, 0.6) is 0 Å².